The highest BCUT2D eigenvalue weighted by molar-refractivity contribution is 7.80. The van der Waals surface area contributed by atoms with E-state index in [-0.39, 0.29) is 5.97 Å². The Morgan fingerprint density at radius 3 is 0.910 bits per heavy atom. The molecule has 5 aromatic rings. The highest BCUT2D eigenvalue weighted by atomic mass is 32.1. The summed E-state index contributed by atoms with van der Waals surface area (Å²) in [5, 5.41) is 31.2. The number of rotatable bonds is 19. The Kier molecular flexibility index (Phi) is 20.5. The monoisotopic (exact) mass is 977 g/mol. The molecule has 0 heterocycles. The molecule has 0 unspecified atom stereocenters. The number of methoxy groups -OCH3 is 1. The van der Waals surface area contributed by atoms with Gasteiger partial charge in [-0.05, 0) is 132 Å². The molecule has 5 rings (SSSR count). The maximum absolute atomic E-state index is 12.0. The van der Waals surface area contributed by atoms with E-state index in [0.717, 1.165) is 50.1 Å². The van der Waals surface area contributed by atoms with Crippen molar-refractivity contribution in [3.05, 3.63) is 177 Å². The highest BCUT2D eigenvalue weighted by Crippen LogP contribution is 2.11. The average molecular weight is 978 g/mol. The fraction of sp³-hybridized carbons (Fsp3) is 0.280. The quantitative estimate of drug-likeness (QED) is 0.0303. The van der Waals surface area contributed by atoms with Crippen LogP contribution in [0.5, 0.6) is 0 Å². The van der Waals surface area contributed by atoms with Gasteiger partial charge in [0, 0.05) is 58.9 Å². The minimum atomic E-state index is -0.547. The minimum Gasteiger partial charge on any atom is -0.465 e. The first-order valence-corrected chi connectivity index (χ1v) is 23.3. The van der Waals surface area contributed by atoms with Crippen molar-refractivity contribution >= 4 is 81.4 Å². The number of nitrogens with one attached hydrogen (secondary N) is 9. The molecule has 5 aromatic carbocycles. The Morgan fingerprint density at radius 2 is 0.657 bits per heavy atom. The smallest absolute Gasteiger partial charge is 0.407 e. The third kappa shape index (κ3) is 19.9. The predicted molar refractivity (Wildman–Crippen MR) is 282 cm³/mol. The van der Waals surface area contributed by atoms with Gasteiger partial charge in [0.1, 0.15) is 5.60 Å². The van der Waals surface area contributed by atoms with Gasteiger partial charge in [0.05, 0.1) is 12.7 Å². The molecule has 0 fully saturated rings. The van der Waals surface area contributed by atoms with Crippen LogP contribution in [0.4, 0.5) is 4.79 Å². The van der Waals surface area contributed by atoms with Crippen molar-refractivity contribution in [1.29, 1.82) is 0 Å². The van der Waals surface area contributed by atoms with Crippen LogP contribution in [0.1, 0.15) is 81.2 Å². The fourth-order valence-corrected chi connectivity index (χ4v) is 7.05. The first-order valence-electron chi connectivity index (χ1n) is 21.7. The van der Waals surface area contributed by atoms with E-state index in [0.29, 0.717) is 84.9 Å². The van der Waals surface area contributed by atoms with Crippen LogP contribution in [0.25, 0.3) is 0 Å². The van der Waals surface area contributed by atoms with Crippen LogP contribution < -0.4 is 47.9 Å². The van der Waals surface area contributed by atoms with E-state index in [1.165, 1.54) is 7.11 Å². The van der Waals surface area contributed by atoms with Crippen molar-refractivity contribution in [2.45, 2.75) is 85.3 Å². The lowest BCUT2D eigenvalue weighted by atomic mass is 10.1. The molecule has 0 aliphatic rings. The molecule has 352 valence electrons. The molecule has 0 saturated heterocycles. The van der Waals surface area contributed by atoms with Crippen LogP contribution in [0.15, 0.2) is 121 Å². The third-order valence-corrected chi connectivity index (χ3v) is 11.0. The molecular formula is C50H59N9O4S4. The highest BCUT2D eigenvalue weighted by Gasteiger charge is 2.16. The van der Waals surface area contributed by atoms with Crippen molar-refractivity contribution in [2.24, 2.45) is 0 Å². The van der Waals surface area contributed by atoms with Crippen molar-refractivity contribution in [3.63, 3.8) is 0 Å². The number of hydrogen-bond acceptors (Lipinski definition) is 8. The van der Waals surface area contributed by atoms with E-state index >= 15 is 0 Å². The van der Waals surface area contributed by atoms with Crippen LogP contribution in [-0.2, 0) is 68.4 Å². The van der Waals surface area contributed by atoms with Gasteiger partial charge in [-0.1, -0.05) is 109 Å². The first-order chi connectivity index (χ1) is 32.2. The molecule has 1 amide bonds. The zero-order valence-corrected chi connectivity index (χ0v) is 41.4. The standard InChI is InChI=1S/C50H59N9O4S4/c1-50(2,3)63-49(61)59-33-42-16-8-15-41(24-42)32-58-48(67)57-31-40-14-7-13-39(23-40)30-56-47(66)55-29-38-12-6-11-37(22-38)28-54-46(65)53-27-36-10-5-9-35(21-36)26-52-45(64)51-25-34-17-19-43(20-18-34)44(60)62-4/h5-24H,25-33H2,1-4H3,(H,59,61)(H2,51,52,64)(H2,53,54,65)(H2,55,56,66)(H2,57,58,67). The van der Waals surface area contributed by atoms with E-state index < -0.39 is 11.7 Å². The summed E-state index contributed by atoms with van der Waals surface area (Å²) in [6.07, 6.45) is -0.446. The van der Waals surface area contributed by atoms with Crippen molar-refractivity contribution < 1.29 is 19.1 Å². The van der Waals surface area contributed by atoms with Crippen LogP contribution in [0.3, 0.4) is 0 Å². The second-order valence-corrected chi connectivity index (χ2v) is 18.1. The minimum absolute atomic E-state index is 0.363. The lowest BCUT2D eigenvalue weighted by molar-refractivity contribution is 0.0522. The molecule has 0 atom stereocenters. The summed E-state index contributed by atoms with van der Waals surface area (Å²) in [4.78, 5) is 23.7. The normalized spacial score (nSPS) is 10.7. The third-order valence-electron chi connectivity index (χ3n) is 9.80. The van der Waals surface area contributed by atoms with Crippen LogP contribution in [0.2, 0.25) is 0 Å². The molecule has 0 aliphatic heterocycles. The van der Waals surface area contributed by atoms with E-state index in [9.17, 15) is 9.59 Å². The number of carbonyl (C=O) groups is 2. The summed E-state index contributed by atoms with van der Waals surface area (Å²) < 4.78 is 10.1. The molecule has 17 heteroatoms. The second kappa shape index (κ2) is 26.7. The molecule has 0 spiro atoms. The maximum Gasteiger partial charge on any atom is 0.407 e. The van der Waals surface area contributed by atoms with Gasteiger partial charge in [0.2, 0.25) is 0 Å². The Balaban J connectivity index is 0.944. The van der Waals surface area contributed by atoms with Crippen LogP contribution >= 0.6 is 48.9 Å². The van der Waals surface area contributed by atoms with Crippen molar-refractivity contribution in [2.75, 3.05) is 7.11 Å². The Morgan fingerprint density at radius 1 is 0.403 bits per heavy atom. The lowest BCUT2D eigenvalue weighted by Gasteiger charge is -2.19. The Hall–Kier alpha value is -6.40. The molecule has 67 heavy (non-hydrogen) atoms. The Bertz CT molecular complexity index is 2480. The molecular weight excluding hydrogens is 919 g/mol. The summed E-state index contributed by atoms with van der Waals surface area (Å²) in [5.41, 5.74) is 9.51. The molecule has 0 bridgehead atoms. The molecule has 0 aliphatic carbocycles. The number of hydrogen-bond donors (Lipinski definition) is 9. The average Bonchev–Trinajstić information content (AvgIpc) is 3.33. The second-order valence-electron chi connectivity index (χ2n) is 16.5. The summed E-state index contributed by atoms with van der Waals surface area (Å²) in [6.45, 7) is 10.4. The van der Waals surface area contributed by atoms with Gasteiger partial charge in [0.15, 0.2) is 20.4 Å². The number of alkyl carbamates (subject to hydrolysis) is 1. The topological polar surface area (TPSA) is 161 Å². The summed E-state index contributed by atoms with van der Waals surface area (Å²) in [6, 6.07) is 39.9. The van der Waals surface area contributed by atoms with Crippen LogP contribution in [0, 0.1) is 0 Å². The maximum atomic E-state index is 12.0. The summed E-state index contributed by atoms with van der Waals surface area (Å²) >= 11 is 22.2. The lowest BCUT2D eigenvalue weighted by Crippen LogP contribution is -2.35. The zero-order valence-electron chi connectivity index (χ0n) is 38.2. The molecule has 0 aromatic heterocycles. The number of ether oxygens (including phenoxy) is 2. The van der Waals surface area contributed by atoms with Crippen molar-refractivity contribution in [1.82, 2.24) is 47.9 Å². The molecule has 9 N–H and O–H groups in total. The van der Waals surface area contributed by atoms with Crippen molar-refractivity contribution in [3.8, 4) is 0 Å². The number of carbonyl (C=O) groups excluding carboxylic acids is 2. The number of benzene rings is 5. The van der Waals surface area contributed by atoms with E-state index in [4.69, 9.17) is 58.3 Å². The largest absolute Gasteiger partial charge is 0.465 e. The van der Waals surface area contributed by atoms with Gasteiger partial charge < -0.3 is 57.3 Å². The first kappa shape index (κ1) is 51.6. The summed E-state index contributed by atoms with van der Waals surface area (Å²) in [7, 11) is 1.36. The number of esters is 1. The molecule has 0 radical (unpaired) electrons. The number of thiocarbonyl (C=S) groups is 4. The van der Waals surface area contributed by atoms with Gasteiger partial charge in [-0.15, -0.1) is 0 Å². The van der Waals surface area contributed by atoms with Gasteiger partial charge in [-0.25, -0.2) is 9.59 Å². The zero-order chi connectivity index (χ0) is 48.0. The van der Waals surface area contributed by atoms with Gasteiger partial charge in [0.25, 0.3) is 0 Å². The predicted octanol–water partition coefficient (Wildman–Crippen LogP) is 7.16. The van der Waals surface area contributed by atoms with E-state index in [1.807, 2.05) is 81.4 Å². The van der Waals surface area contributed by atoms with Gasteiger partial charge in [-0.3, -0.25) is 0 Å². The SMILES string of the molecule is COC(=O)c1ccc(CNC(=S)NCc2cccc(CNC(=S)NCc3cccc(CNC(=S)NCc4cccc(CNC(=S)NCc5cccc(CNC(=O)OC(C)(C)C)c5)c4)c3)c2)cc1. The molecule has 0 saturated carbocycles. The van der Waals surface area contributed by atoms with Gasteiger partial charge >= 0.3 is 12.1 Å². The van der Waals surface area contributed by atoms with E-state index in [2.05, 4.69) is 96.4 Å². The Labute approximate surface area is 415 Å². The summed E-state index contributed by atoms with van der Waals surface area (Å²) in [5.74, 6) is -0.363. The fourth-order valence-electron chi connectivity index (χ4n) is 6.47. The van der Waals surface area contributed by atoms with Crippen LogP contribution in [-0.4, -0.2) is 45.2 Å². The molecule has 13 nitrogen and oxygen atoms in total. The number of amides is 1. The van der Waals surface area contributed by atoms with Gasteiger partial charge in [-0.2, -0.15) is 0 Å². The van der Waals surface area contributed by atoms with E-state index in [1.54, 1.807) is 12.1 Å².